The van der Waals surface area contributed by atoms with E-state index in [1.807, 2.05) is 12.1 Å². The average Bonchev–Trinajstić information content (AvgIpc) is 2.97. The number of rotatable bonds is 7. The SMILES string of the molecule is CCOC(=O)C(N)(Cc1c[nH]c2cc(OC)ccc12)C(=O)OCC. The second-order valence-corrected chi connectivity index (χ2v) is 5.31. The van der Waals surface area contributed by atoms with Crippen LogP contribution in [0.4, 0.5) is 0 Å². The maximum atomic E-state index is 12.3. The fourth-order valence-electron chi connectivity index (χ4n) is 2.49. The second-order valence-electron chi connectivity index (χ2n) is 5.31. The molecule has 0 amide bonds. The Kier molecular flexibility index (Phi) is 5.46. The molecule has 0 radical (unpaired) electrons. The number of methoxy groups -OCH3 is 1. The summed E-state index contributed by atoms with van der Waals surface area (Å²) in [5.41, 5.74) is 5.76. The van der Waals surface area contributed by atoms with Gasteiger partial charge in [0.2, 0.25) is 5.54 Å². The summed E-state index contributed by atoms with van der Waals surface area (Å²) in [4.78, 5) is 27.6. The highest BCUT2D eigenvalue weighted by Gasteiger charge is 2.45. The third-order valence-corrected chi connectivity index (χ3v) is 3.72. The molecule has 0 fully saturated rings. The van der Waals surface area contributed by atoms with Crippen molar-refractivity contribution in [3.63, 3.8) is 0 Å². The zero-order valence-electron chi connectivity index (χ0n) is 14.0. The van der Waals surface area contributed by atoms with Gasteiger partial charge in [-0.3, -0.25) is 0 Å². The number of aromatic nitrogens is 1. The number of fused-ring (bicyclic) bond motifs is 1. The first-order valence-corrected chi connectivity index (χ1v) is 7.73. The van der Waals surface area contributed by atoms with E-state index in [1.165, 1.54) is 0 Å². The van der Waals surface area contributed by atoms with E-state index in [0.29, 0.717) is 5.75 Å². The van der Waals surface area contributed by atoms with Gasteiger partial charge in [-0.05, 0) is 31.5 Å². The van der Waals surface area contributed by atoms with Crippen LogP contribution in [0, 0.1) is 0 Å². The molecule has 1 aromatic heterocycles. The highest BCUT2D eigenvalue weighted by atomic mass is 16.6. The molecule has 2 rings (SSSR count). The lowest BCUT2D eigenvalue weighted by molar-refractivity contribution is -0.163. The van der Waals surface area contributed by atoms with E-state index < -0.39 is 17.5 Å². The van der Waals surface area contributed by atoms with Gasteiger partial charge in [0.1, 0.15) is 5.75 Å². The number of hydrogen-bond acceptors (Lipinski definition) is 6. The van der Waals surface area contributed by atoms with Gasteiger partial charge in [0, 0.05) is 29.6 Å². The normalized spacial score (nSPS) is 11.3. The summed E-state index contributed by atoms with van der Waals surface area (Å²) >= 11 is 0. The number of esters is 2. The Morgan fingerprint density at radius 2 is 1.79 bits per heavy atom. The number of benzene rings is 1. The van der Waals surface area contributed by atoms with Gasteiger partial charge in [0.05, 0.1) is 20.3 Å². The molecule has 7 nitrogen and oxygen atoms in total. The monoisotopic (exact) mass is 334 g/mol. The number of hydrogen-bond donors (Lipinski definition) is 2. The highest BCUT2D eigenvalue weighted by Crippen LogP contribution is 2.26. The zero-order valence-corrected chi connectivity index (χ0v) is 14.0. The maximum absolute atomic E-state index is 12.3. The first-order valence-electron chi connectivity index (χ1n) is 7.73. The van der Waals surface area contributed by atoms with Crippen molar-refractivity contribution in [2.45, 2.75) is 25.8 Å². The molecular weight excluding hydrogens is 312 g/mol. The van der Waals surface area contributed by atoms with E-state index in [4.69, 9.17) is 19.9 Å². The molecule has 2 aromatic rings. The van der Waals surface area contributed by atoms with Crippen molar-refractivity contribution < 1.29 is 23.8 Å². The van der Waals surface area contributed by atoms with Crippen molar-refractivity contribution in [3.05, 3.63) is 30.0 Å². The van der Waals surface area contributed by atoms with Crippen LogP contribution in [0.1, 0.15) is 19.4 Å². The minimum absolute atomic E-state index is 0.0308. The van der Waals surface area contributed by atoms with Crippen molar-refractivity contribution in [2.24, 2.45) is 5.73 Å². The number of aromatic amines is 1. The standard InChI is InChI=1S/C17H22N2O5/c1-4-23-15(20)17(18,16(21)24-5-2)9-11-10-19-14-8-12(22-3)6-7-13(11)14/h6-8,10,19H,4-5,9,18H2,1-3H3. The fourth-order valence-corrected chi connectivity index (χ4v) is 2.49. The van der Waals surface area contributed by atoms with Gasteiger partial charge >= 0.3 is 11.9 Å². The van der Waals surface area contributed by atoms with Gasteiger partial charge in [0.15, 0.2) is 0 Å². The van der Waals surface area contributed by atoms with Gasteiger partial charge in [-0.2, -0.15) is 0 Å². The van der Waals surface area contributed by atoms with E-state index in [2.05, 4.69) is 4.98 Å². The fraction of sp³-hybridized carbons (Fsp3) is 0.412. The third kappa shape index (κ3) is 3.35. The van der Waals surface area contributed by atoms with Crippen LogP contribution in [0.5, 0.6) is 5.75 Å². The zero-order chi connectivity index (χ0) is 17.7. The molecule has 3 N–H and O–H groups in total. The van der Waals surface area contributed by atoms with Gasteiger partial charge in [-0.1, -0.05) is 0 Å². The van der Waals surface area contributed by atoms with Crippen molar-refractivity contribution in [1.82, 2.24) is 4.98 Å². The van der Waals surface area contributed by atoms with E-state index in [0.717, 1.165) is 16.5 Å². The second kappa shape index (κ2) is 7.35. The molecule has 0 saturated carbocycles. The van der Waals surface area contributed by atoms with Crippen LogP contribution in [0.2, 0.25) is 0 Å². The average molecular weight is 334 g/mol. The van der Waals surface area contributed by atoms with E-state index in [-0.39, 0.29) is 19.6 Å². The highest BCUT2D eigenvalue weighted by molar-refractivity contribution is 6.05. The number of ether oxygens (including phenoxy) is 3. The van der Waals surface area contributed by atoms with Crippen molar-refractivity contribution in [2.75, 3.05) is 20.3 Å². The summed E-state index contributed by atoms with van der Waals surface area (Å²) in [7, 11) is 1.58. The largest absolute Gasteiger partial charge is 0.497 e. The predicted molar refractivity (Wildman–Crippen MR) is 88.7 cm³/mol. The van der Waals surface area contributed by atoms with Crippen LogP contribution in [0.3, 0.4) is 0 Å². The molecule has 7 heteroatoms. The van der Waals surface area contributed by atoms with Crippen LogP contribution in [0.25, 0.3) is 10.9 Å². The summed E-state index contributed by atoms with van der Waals surface area (Å²) in [6, 6.07) is 5.47. The summed E-state index contributed by atoms with van der Waals surface area (Å²) < 4.78 is 15.1. The smallest absolute Gasteiger partial charge is 0.338 e. The Morgan fingerprint density at radius 1 is 1.17 bits per heavy atom. The molecule has 0 aliphatic rings. The van der Waals surface area contributed by atoms with E-state index in [9.17, 15) is 9.59 Å². The topological polar surface area (TPSA) is 104 Å². The molecule has 0 bridgehead atoms. The molecule has 0 saturated heterocycles. The van der Waals surface area contributed by atoms with Crippen LogP contribution in [0.15, 0.2) is 24.4 Å². The molecule has 130 valence electrons. The number of carbonyl (C=O) groups excluding carboxylic acids is 2. The summed E-state index contributed by atoms with van der Waals surface area (Å²) in [5, 5.41) is 0.847. The van der Waals surface area contributed by atoms with Crippen LogP contribution in [-0.4, -0.2) is 42.8 Å². The third-order valence-electron chi connectivity index (χ3n) is 3.72. The molecule has 0 aliphatic carbocycles. The Morgan fingerprint density at radius 3 is 2.33 bits per heavy atom. The van der Waals surface area contributed by atoms with Crippen molar-refractivity contribution in [1.29, 1.82) is 0 Å². The lowest BCUT2D eigenvalue weighted by Crippen LogP contribution is -2.58. The number of nitrogens with one attached hydrogen (secondary N) is 1. The Hall–Kier alpha value is -2.54. The van der Waals surface area contributed by atoms with Crippen molar-refractivity contribution >= 4 is 22.8 Å². The number of carbonyl (C=O) groups is 2. The number of nitrogens with two attached hydrogens (primary N) is 1. The van der Waals surface area contributed by atoms with Gasteiger partial charge in [-0.15, -0.1) is 0 Å². The quantitative estimate of drug-likeness (QED) is 0.588. The van der Waals surface area contributed by atoms with Crippen LogP contribution < -0.4 is 10.5 Å². The van der Waals surface area contributed by atoms with Crippen LogP contribution in [-0.2, 0) is 25.5 Å². The lowest BCUT2D eigenvalue weighted by atomic mass is 9.91. The molecule has 0 unspecified atom stereocenters. The molecule has 0 spiro atoms. The first kappa shape index (κ1) is 17.8. The molecule has 1 heterocycles. The summed E-state index contributed by atoms with van der Waals surface area (Å²) in [6.07, 6.45) is 1.68. The predicted octanol–water partition coefficient (Wildman–Crippen LogP) is 1.54. The lowest BCUT2D eigenvalue weighted by Gasteiger charge is -2.24. The molecule has 0 atom stereocenters. The molecule has 0 aliphatic heterocycles. The first-order chi connectivity index (χ1) is 11.5. The summed E-state index contributed by atoms with van der Waals surface area (Å²) in [5.74, 6) is -0.900. The van der Waals surface area contributed by atoms with Gasteiger partial charge in [-0.25, -0.2) is 9.59 Å². The van der Waals surface area contributed by atoms with Crippen molar-refractivity contribution in [3.8, 4) is 5.75 Å². The molecular formula is C17H22N2O5. The van der Waals surface area contributed by atoms with E-state index in [1.54, 1.807) is 33.2 Å². The van der Waals surface area contributed by atoms with Gasteiger partial charge in [0.25, 0.3) is 0 Å². The molecule has 1 aromatic carbocycles. The maximum Gasteiger partial charge on any atom is 0.338 e. The Bertz CT molecular complexity index is 720. The van der Waals surface area contributed by atoms with E-state index >= 15 is 0 Å². The minimum Gasteiger partial charge on any atom is -0.497 e. The minimum atomic E-state index is -1.89. The van der Waals surface area contributed by atoms with Gasteiger partial charge < -0.3 is 24.9 Å². The molecule has 24 heavy (non-hydrogen) atoms. The summed E-state index contributed by atoms with van der Waals surface area (Å²) in [6.45, 7) is 3.56. The Balaban J connectivity index is 2.39. The number of H-pyrrole nitrogens is 1. The Labute approximate surface area is 140 Å². The van der Waals surface area contributed by atoms with Crippen LogP contribution >= 0.6 is 0 Å².